The number of aryl methyl sites for hydroxylation is 1. The Hall–Kier alpha value is -3.41. The summed E-state index contributed by atoms with van der Waals surface area (Å²) in [5.74, 6) is 0.288. The molecule has 1 aromatic heterocycles. The number of imidazole rings is 1. The molecule has 0 bridgehead atoms. The van der Waals surface area contributed by atoms with Crippen molar-refractivity contribution in [1.82, 2.24) is 19.4 Å². The van der Waals surface area contributed by atoms with E-state index in [1.807, 2.05) is 39.9 Å². The van der Waals surface area contributed by atoms with Gasteiger partial charge in [-0.15, -0.1) is 0 Å². The molecule has 2 aliphatic heterocycles. The first-order valence-electron chi connectivity index (χ1n) is 12.3. The van der Waals surface area contributed by atoms with Gasteiger partial charge in [0, 0.05) is 44.0 Å². The lowest BCUT2D eigenvalue weighted by atomic mass is 9.95. The van der Waals surface area contributed by atoms with Crippen LogP contribution in [0.3, 0.4) is 0 Å². The second-order valence-electron chi connectivity index (χ2n) is 9.61. The number of fused-ring (bicyclic) bond motifs is 1. The topological polar surface area (TPSA) is 58.4 Å². The number of nitrogens with zero attached hydrogens (tertiary/aromatic N) is 4. The van der Waals surface area contributed by atoms with E-state index < -0.39 is 0 Å². The molecule has 2 aliphatic rings. The molecule has 5 rings (SSSR count). The van der Waals surface area contributed by atoms with Crippen LogP contribution in [0.25, 0.3) is 0 Å². The molecule has 0 spiro atoms. The fraction of sp³-hybridized carbons (Fsp3) is 0.393. The Labute approximate surface area is 201 Å². The van der Waals surface area contributed by atoms with Gasteiger partial charge in [-0.25, -0.2) is 4.98 Å². The van der Waals surface area contributed by atoms with Crippen molar-refractivity contribution < 1.29 is 9.59 Å². The van der Waals surface area contributed by atoms with Gasteiger partial charge in [0.05, 0.1) is 18.4 Å². The molecular formula is C28H32N4O2. The summed E-state index contributed by atoms with van der Waals surface area (Å²) >= 11 is 0. The zero-order chi connectivity index (χ0) is 23.5. The van der Waals surface area contributed by atoms with E-state index in [2.05, 4.69) is 41.1 Å². The van der Waals surface area contributed by atoms with Crippen molar-refractivity contribution >= 4 is 11.8 Å². The molecule has 6 heteroatoms. The number of carbonyl (C=O) groups is 2. The van der Waals surface area contributed by atoms with Crippen molar-refractivity contribution in [3.05, 3.63) is 89.5 Å². The number of amides is 2. The average Bonchev–Trinajstić information content (AvgIpc) is 3.49. The minimum atomic E-state index is 0.0684. The Bertz CT molecular complexity index is 1160. The van der Waals surface area contributed by atoms with Crippen LogP contribution >= 0.6 is 0 Å². The van der Waals surface area contributed by atoms with Gasteiger partial charge < -0.3 is 14.4 Å². The van der Waals surface area contributed by atoms with Gasteiger partial charge >= 0.3 is 0 Å². The highest BCUT2D eigenvalue weighted by atomic mass is 16.2. The second kappa shape index (κ2) is 9.84. The third kappa shape index (κ3) is 4.76. The molecule has 2 fully saturated rings. The smallest absolute Gasteiger partial charge is 0.254 e. The van der Waals surface area contributed by atoms with Gasteiger partial charge in [0.25, 0.3) is 5.91 Å². The molecule has 0 saturated carbocycles. The van der Waals surface area contributed by atoms with Gasteiger partial charge in [-0.05, 0) is 49.4 Å². The number of hydrogen-bond donors (Lipinski definition) is 0. The van der Waals surface area contributed by atoms with Crippen LogP contribution in [-0.4, -0.2) is 49.8 Å². The van der Waals surface area contributed by atoms with Crippen molar-refractivity contribution in [3.63, 3.8) is 0 Å². The van der Waals surface area contributed by atoms with Crippen molar-refractivity contribution in [2.45, 2.75) is 64.2 Å². The molecule has 2 amide bonds. The molecule has 0 radical (unpaired) electrons. The van der Waals surface area contributed by atoms with Crippen LogP contribution in [0.5, 0.6) is 0 Å². The van der Waals surface area contributed by atoms with Crippen LogP contribution in [0, 0.1) is 6.92 Å². The van der Waals surface area contributed by atoms with E-state index in [-0.39, 0.29) is 23.9 Å². The normalized spacial score (nSPS) is 20.7. The van der Waals surface area contributed by atoms with Crippen molar-refractivity contribution in [2.75, 3.05) is 6.54 Å². The molecule has 0 unspecified atom stereocenters. The third-order valence-corrected chi connectivity index (χ3v) is 7.17. The highest BCUT2D eigenvalue weighted by Gasteiger charge is 2.42. The van der Waals surface area contributed by atoms with Crippen LogP contribution in [-0.2, 0) is 17.9 Å². The van der Waals surface area contributed by atoms with Gasteiger partial charge in [-0.1, -0.05) is 48.4 Å². The summed E-state index contributed by atoms with van der Waals surface area (Å²) in [6.45, 7) is 4.08. The van der Waals surface area contributed by atoms with Crippen molar-refractivity contribution in [3.8, 4) is 0 Å². The molecule has 176 valence electrons. The van der Waals surface area contributed by atoms with Gasteiger partial charge in [-0.3, -0.25) is 9.59 Å². The lowest BCUT2D eigenvalue weighted by molar-refractivity contribution is -0.135. The van der Waals surface area contributed by atoms with Crippen LogP contribution in [0.15, 0.2) is 67.3 Å². The van der Waals surface area contributed by atoms with E-state index in [1.54, 1.807) is 12.5 Å². The molecule has 3 heterocycles. The van der Waals surface area contributed by atoms with Gasteiger partial charge in [0.2, 0.25) is 5.91 Å². The number of hydrogen-bond acceptors (Lipinski definition) is 3. The van der Waals surface area contributed by atoms with E-state index in [0.29, 0.717) is 26.1 Å². The first-order valence-corrected chi connectivity index (χ1v) is 12.3. The van der Waals surface area contributed by atoms with Crippen LogP contribution in [0.4, 0.5) is 0 Å². The number of rotatable bonds is 5. The highest BCUT2D eigenvalue weighted by Crippen LogP contribution is 2.32. The number of benzene rings is 2. The van der Waals surface area contributed by atoms with Crippen LogP contribution in [0.2, 0.25) is 0 Å². The molecule has 0 N–H and O–H groups in total. The zero-order valence-electron chi connectivity index (χ0n) is 19.8. The van der Waals surface area contributed by atoms with E-state index in [0.717, 1.165) is 42.4 Å². The van der Waals surface area contributed by atoms with E-state index >= 15 is 0 Å². The Kier molecular flexibility index (Phi) is 6.48. The summed E-state index contributed by atoms with van der Waals surface area (Å²) in [6, 6.07) is 16.4. The number of aromatic nitrogens is 2. The maximum atomic E-state index is 13.6. The number of carbonyl (C=O) groups excluding carboxylic acids is 2. The lowest BCUT2D eigenvalue weighted by Crippen LogP contribution is -2.49. The first-order chi connectivity index (χ1) is 16.6. The average molecular weight is 457 g/mol. The zero-order valence-corrected chi connectivity index (χ0v) is 19.8. The monoisotopic (exact) mass is 456 g/mol. The van der Waals surface area contributed by atoms with Gasteiger partial charge in [0.1, 0.15) is 0 Å². The largest absolute Gasteiger partial charge is 0.334 e. The van der Waals surface area contributed by atoms with E-state index in [1.165, 1.54) is 5.56 Å². The van der Waals surface area contributed by atoms with E-state index in [9.17, 15) is 9.59 Å². The third-order valence-electron chi connectivity index (χ3n) is 7.17. The minimum absolute atomic E-state index is 0.0684. The Morgan fingerprint density at radius 1 is 1.00 bits per heavy atom. The van der Waals surface area contributed by atoms with Gasteiger partial charge in [0.15, 0.2) is 0 Å². The summed E-state index contributed by atoms with van der Waals surface area (Å²) in [5, 5.41) is 0. The van der Waals surface area contributed by atoms with E-state index in [4.69, 9.17) is 0 Å². The van der Waals surface area contributed by atoms with Crippen LogP contribution in [0.1, 0.15) is 59.2 Å². The summed E-state index contributed by atoms with van der Waals surface area (Å²) < 4.78 is 2.00. The molecular weight excluding hydrogens is 424 g/mol. The Morgan fingerprint density at radius 2 is 1.82 bits per heavy atom. The standard InChI is InChI=1S/C28H32N4O2/c1-21-6-4-7-22(16-21)19-32-26-12-14-31(25(26)10-2-3-11-27(32)33)28(34)24-9-5-8-23(17-24)18-30-15-13-29-20-30/h4-9,13,15-17,20,25-26H,2-3,10-12,14,18-19H2,1H3/t25-,26+/m0/s1. The summed E-state index contributed by atoms with van der Waals surface area (Å²) in [5.41, 5.74) is 4.15. The van der Waals surface area contributed by atoms with Crippen LogP contribution < -0.4 is 0 Å². The minimum Gasteiger partial charge on any atom is -0.334 e. The highest BCUT2D eigenvalue weighted by molar-refractivity contribution is 5.95. The Morgan fingerprint density at radius 3 is 2.62 bits per heavy atom. The fourth-order valence-electron chi connectivity index (χ4n) is 5.53. The summed E-state index contributed by atoms with van der Waals surface area (Å²) in [6.07, 6.45) is 9.72. The molecule has 0 aliphatic carbocycles. The Balaban J connectivity index is 1.36. The first kappa shape index (κ1) is 22.4. The maximum Gasteiger partial charge on any atom is 0.254 e. The van der Waals surface area contributed by atoms with Crippen molar-refractivity contribution in [1.29, 1.82) is 0 Å². The number of likely N-dealkylation sites (tertiary alicyclic amines) is 2. The molecule has 2 saturated heterocycles. The maximum absolute atomic E-state index is 13.6. The van der Waals surface area contributed by atoms with Crippen molar-refractivity contribution in [2.24, 2.45) is 0 Å². The predicted molar refractivity (Wildman–Crippen MR) is 131 cm³/mol. The fourth-order valence-corrected chi connectivity index (χ4v) is 5.53. The molecule has 2 atom stereocenters. The molecule has 34 heavy (non-hydrogen) atoms. The molecule has 3 aromatic rings. The SMILES string of the molecule is Cc1cccc(CN2C(=O)CCCC[C@H]3[C@H]2CCN3C(=O)c2cccc(Cn3ccnc3)c2)c1. The predicted octanol–water partition coefficient (Wildman–Crippen LogP) is 4.43. The summed E-state index contributed by atoms with van der Waals surface area (Å²) in [7, 11) is 0. The second-order valence-corrected chi connectivity index (χ2v) is 9.61. The lowest BCUT2D eigenvalue weighted by Gasteiger charge is -2.37. The van der Waals surface area contributed by atoms with Gasteiger partial charge in [-0.2, -0.15) is 0 Å². The quantitative estimate of drug-likeness (QED) is 0.571. The summed E-state index contributed by atoms with van der Waals surface area (Å²) in [4.78, 5) is 35.0. The molecule has 6 nitrogen and oxygen atoms in total. The molecule has 2 aromatic carbocycles.